The van der Waals surface area contributed by atoms with E-state index in [2.05, 4.69) is 5.32 Å². The Labute approximate surface area is 148 Å². The van der Waals surface area contributed by atoms with Crippen molar-refractivity contribution in [1.82, 2.24) is 10.2 Å². The summed E-state index contributed by atoms with van der Waals surface area (Å²) in [5.41, 5.74) is -0.184. The van der Waals surface area contributed by atoms with E-state index >= 15 is 0 Å². The summed E-state index contributed by atoms with van der Waals surface area (Å²) in [6, 6.07) is 12.4. The van der Waals surface area contributed by atoms with Gasteiger partial charge in [-0.3, -0.25) is 14.5 Å². The quantitative estimate of drug-likeness (QED) is 0.676. The number of benzene rings is 2. The molecular formula is C19H14FN3O3. The first-order valence-corrected chi connectivity index (χ1v) is 7.78. The van der Waals surface area contributed by atoms with Crippen molar-refractivity contribution in [3.8, 4) is 6.07 Å². The lowest BCUT2D eigenvalue weighted by molar-refractivity contribution is -0.130. The zero-order valence-corrected chi connectivity index (χ0v) is 13.8. The first-order chi connectivity index (χ1) is 12.3. The van der Waals surface area contributed by atoms with Gasteiger partial charge in [-0.1, -0.05) is 12.1 Å². The molecule has 26 heavy (non-hydrogen) atoms. The summed E-state index contributed by atoms with van der Waals surface area (Å²) in [7, 11) is 0. The smallest absolute Gasteiger partial charge is 0.319 e. The highest BCUT2D eigenvalue weighted by molar-refractivity contribution is 6.11. The van der Waals surface area contributed by atoms with E-state index < -0.39 is 35.6 Å². The van der Waals surface area contributed by atoms with Crippen molar-refractivity contribution >= 4 is 17.7 Å². The number of hydrogen-bond acceptors (Lipinski definition) is 4. The molecule has 0 saturated carbocycles. The Morgan fingerprint density at radius 2 is 1.77 bits per heavy atom. The molecule has 0 aliphatic carbocycles. The number of amides is 3. The van der Waals surface area contributed by atoms with Crippen LogP contribution in [0.1, 0.15) is 28.4 Å². The third kappa shape index (κ3) is 2.93. The average molecular weight is 351 g/mol. The molecule has 1 saturated heterocycles. The van der Waals surface area contributed by atoms with E-state index in [0.29, 0.717) is 11.1 Å². The van der Waals surface area contributed by atoms with Gasteiger partial charge >= 0.3 is 6.03 Å². The van der Waals surface area contributed by atoms with E-state index in [9.17, 15) is 18.8 Å². The van der Waals surface area contributed by atoms with Crippen LogP contribution >= 0.6 is 0 Å². The second-order valence-corrected chi connectivity index (χ2v) is 6.07. The molecule has 0 unspecified atom stereocenters. The molecule has 1 atom stereocenters. The molecule has 7 heteroatoms. The number of nitriles is 1. The van der Waals surface area contributed by atoms with Gasteiger partial charge < -0.3 is 5.32 Å². The van der Waals surface area contributed by atoms with E-state index in [1.54, 1.807) is 24.3 Å². The van der Waals surface area contributed by atoms with Gasteiger partial charge in [0.25, 0.3) is 5.91 Å². The molecule has 2 aromatic rings. The van der Waals surface area contributed by atoms with Gasteiger partial charge in [-0.05, 0) is 48.9 Å². The monoisotopic (exact) mass is 351 g/mol. The maximum absolute atomic E-state index is 13.0. The number of ketones is 1. The van der Waals surface area contributed by atoms with Crippen molar-refractivity contribution in [3.05, 3.63) is 71.0 Å². The van der Waals surface area contributed by atoms with E-state index in [1.165, 1.54) is 19.1 Å². The summed E-state index contributed by atoms with van der Waals surface area (Å²) in [5, 5.41) is 11.5. The fourth-order valence-corrected chi connectivity index (χ4v) is 2.78. The standard InChI is InChI=1S/C19H14FN3O3/c1-19(14-6-2-12(10-21)3-7-14)17(25)23(18(26)22-19)11-16(24)13-4-8-15(20)9-5-13/h2-9H,11H2,1H3,(H,22,26)/t19-/m0/s1. The Bertz CT molecular complexity index is 932. The molecule has 1 N–H and O–H groups in total. The third-order valence-corrected chi connectivity index (χ3v) is 4.33. The van der Waals surface area contributed by atoms with E-state index in [4.69, 9.17) is 5.26 Å². The first-order valence-electron chi connectivity index (χ1n) is 7.78. The molecular weight excluding hydrogens is 337 g/mol. The van der Waals surface area contributed by atoms with Crippen molar-refractivity contribution in [1.29, 1.82) is 5.26 Å². The number of rotatable bonds is 4. The first kappa shape index (κ1) is 17.3. The molecule has 3 rings (SSSR count). The third-order valence-electron chi connectivity index (χ3n) is 4.33. The number of urea groups is 1. The maximum Gasteiger partial charge on any atom is 0.325 e. The van der Waals surface area contributed by atoms with Crippen molar-refractivity contribution in [3.63, 3.8) is 0 Å². The van der Waals surface area contributed by atoms with Crippen LogP contribution < -0.4 is 5.32 Å². The molecule has 1 heterocycles. The van der Waals surface area contributed by atoms with Gasteiger partial charge in [-0.2, -0.15) is 5.26 Å². The van der Waals surface area contributed by atoms with E-state index in [-0.39, 0.29) is 5.56 Å². The van der Waals surface area contributed by atoms with Gasteiger partial charge in [0.2, 0.25) is 0 Å². The summed E-state index contributed by atoms with van der Waals surface area (Å²) in [4.78, 5) is 38.2. The lowest BCUT2D eigenvalue weighted by Crippen LogP contribution is -2.41. The van der Waals surface area contributed by atoms with Gasteiger partial charge in [0.1, 0.15) is 11.4 Å². The number of nitrogens with one attached hydrogen (secondary N) is 1. The second-order valence-electron chi connectivity index (χ2n) is 6.07. The van der Waals surface area contributed by atoms with Crippen LogP contribution in [0.4, 0.5) is 9.18 Å². The molecule has 3 amide bonds. The fraction of sp³-hybridized carbons (Fsp3) is 0.158. The predicted octanol–water partition coefficient (Wildman–Crippen LogP) is 2.35. The SMILES string of the molecule is C[C@@]1(c2ccc(C#N)cc2)NC(=O)N(CC(=O)c2ccc(F)cc2)C1=O. The fourth-order valence-electron chi connectivity index (χ4n) is 2.78. The van der Waals surface area contributed by atoms with Crippen molar-refractivity contribution in [2.24, 2.45) is 0 Å². The summed E-state index contributed by atoms with van der Waals surface area (Å²) in [6.45, 7) is 1.10. The van der Waals surface area contributed by atoms with Crippen LogP contribution in [0.5, 0.6) is 0 Å². The number of carbonyl (C=O) groups excluding carboxylic acids is 3. The van der Waals surface area contributed by atoms with Gasteiger partial charge in [-0.25, -0.2) is 9.18 Å². The highest BCUT2D eigenvalue weighted by Crippen LogP contribution is 2.29. The van der Waals surface area contributed by atoms with Gasteiger partial charge in [0, 0.05) is 5.56 Å². The second kappa shape index (κ2) is 6.41. The molecule has 2 aromatic carbocycles. The Morgan fingerprint density at radius 3 is 2.35 bits per heavy atom. The zero-order chi connectivity index (χ0) is 18.9. The minimum Gasteiger partial charge on any atom is -0.319 e. The normalized spacial score (nSPS) is 19.2. The minimum atomic E-state index is -1.33. The Morgan fingerprint density at radius 1 is 1.15 bits per heavy atom. The van der Waals surface area contributed by atoms with Gasteiger partial charge in [-0.15, -0.1) is 0 Å². The van der Waals surface area contributed by atoms with Crippen LogP contribution in [0, 0.1) is 17.1 Å². The van der Waals surface area contributed by atoms with Crippen LogP contribution in [0.15, 0.2) is 48.5 Å². The number of carbonyl (C=O) groups is 3. The number of nitrogens with zero attached hydrogens (tertiary/aromatic N) is 2. The highest BCUT2D eigenvalue weighted by atomic mass is 19.1. The number of halogens is 1. The summed E-state index contributed by atoms with van der Waals surface area (Å²) in [5.74, 6) is -1.52. The number of imide groups is 1. The maximum atomic E-state index is 13.0. The molecule has 0 radical (unpaired) electrons. The summed E-state index contributed by atoms with van der Waals surface area (Å²) >= 11 is 0. The molecule has 1 aliphatic rings. The molecule has 1 aliphatic heterocycles. The van der Waals surface area contributed by atoms with Crippen LogP contribution in [-0.4, -0.2) is 29.2 Å². The van der Waals surface area contributed by atoms with Crippen molar-refractivity contribution in [2.45, 2.75) is 12.5 Å². The van der Waals surface area contributed by atoms with Crippen LogP contribution in [0.3, 0.4) is 0 Å². The Hall–Kier alpha value is -3.53. The number of Topliss-reactive ketones (excluding diaryl/α,β-unsaturated/α-hetero) is 1. The van der Waals surface area contributed by atoms with Crippen LogP contribution in [0.25, 0.3) is 0 Å². The lowest BCUT2D eigenvalue weighted by Gasteiger charge is -2.22. The summed E-state index contributed by atoms with van der Waals surface area (Å²) in [6.07, 6.45) is 0. The van der Waals surface area contributed by atoms with Crippen LogP contribution in [-0.2, 0) is 10.3 Å². The number of hydrogen-bond donors (Lipinski definition) is 1. The largest absolute Gasteiger partial charge is 0.325 e. The van der Waals surface area contributed by atoms with Crippen molar-refractivity contribution < 1.29 is 18.8 Å². The predicted molar refractivity (Wildman–Crippen MR) is 89.5 cm³/mol. The Kier molecular flexibility index (Phi) is 4.26. The zero-order valence-electron chi connectivity index (χ0n) is 13.8. The Balaban J connectivity index is 1.83. The minimum absolute atomic E-state index is 0.207. The molecule has 130 valence electrons. The molecule has 0 spiro atoms. The lowest BCUT2D eigenvalue weighted by atomic mass is 9.91. The van der Waals surface area contributed by atoms with E-state index in [0.717, 1.165) is 17.0 Å². The molecule has 0 bridgehead atoms. The molecule has 1 fully saturated rings. The molecule has 0 aromatic heterocycles. The van der Waals surface area contributed by atoms with E-state index in [1.807, 2.05) is 6.07 Å². The van der Waals surface area contributed by atoms with Gasteiger partial charge in [0.05, 0.1) is 18.2 Å². The van der Waals surface area contributed by atoms with Crippen molar-refractivity contribution in [2.75, 3.05) is 6.54 Å². The average Bonchev–Trinajstić information content (AvgIpc) is 2.86. The van der Waals surface area contributed by atoms with Crippen LogP contribution in [0.2, 0.25) is 0 Å². The topological polar surface area (TPSA) is 90.3 Å². The summed E-state index contributed by atoms with van der Waals surface area (Å²) < 4.78 is 13.0. The highest BCUT2D eigenvalue weighted by Gasteiger charge is 2.49. The molecule has 6 nitrogen and oxygen atoms in total. The van der Waals surface area contributed by atoms with Gasteiger partial charge in [0.15, 0.2) is 5.78 Å².